The number of Topliss-reactive ketones (excluding diaryl/α,β-unsaturated/α-hetero) is 1. The van der Waals surface area contributed by atoms with Gasteiger partial charge in [-0.3, -0.25) is 4.79 Å². The fourth-order valence-electron chi connectivity index (χ4n) is 1.13. The number of carbonyl (C=O) groups excluding carboxylic acids is 1. The smallest absolute Gasteiger partial charge is 0.194 e. The average molecular weight is 214 g/mol. The number of carbonyl (C=O) groups is 1. The molecule has 15 heavy (non-hydrogen) atoms. The van der Waals surface area contributed by atoms with E-state index in [1.54, 1.807) is 0 Å². The number of rotatable bonds is 3. The molecular weight excluding hydrogens is 202 g/mol. The van der Waals surface area contributed by atoms with Crippen molar-refractivity contribution >= 4 is 5.78 Å². The zero-order chi connectivity index (χ0) is 11.6. The highest BCUT2D eigenvalue weighted by atomic mass is 19.1. The average Bonchev–Trinajstić information content (AvgIpc) is 2.15. The summed E-state index contributed by atoms with van der Waals surface area (Å²) in [4.78, 5) is 11.7. The minimum absolute atomic E-state index is 0.0284. The van der Waals surface area contributed by atoms with E-state index in [1.165, 1.54) is 21.0 Å². The Morgan fingerprint density at radius 1 is 1.20 bits per heavy atom. The predicted octanol–water partition coefficient (Wildman–Crippen LogP) is 2.57. The molecule has 0 saturated heterocycles. The molecule has 0 N–H and O–H groups in total. The second-order valence-electron chi connectivity index (χ2n) is 3.70. The highest BCUT2D eigenvalue weighted by Crippen LogP contribution is 2.18. The van der Waals surface area contributed by atoms with Crippen molar-refractivity contribution < 1.29 is 18.3 Å². The minimum atomic E-state index is -1.08. The van der Waals surface area contributed by atoms with E-state index in [1.807, 2.05) is 0 Å². The van der Waals surface area contributed by atoms with Gasteiger partial charge in [-0.2, -0.15) is 0 Å². The first-order valence-corrected chi connectivity index (χ1v) is 4.43. The Kier molecular flexibility index (Phi) is 3.19. The maximum Gasteiger partial charge on any atom is 0.194 e. The summed E-state index contributed by atoms with van der Waals surface area (Å²) in [5.41, 5.74) is -1.11. The Bertz CT molecular complexity index is 366. The lowest BCUT2D eigenvalue weighted by Gasteiger charge is -2.21. The van der Waals surface area contributed by atoms with E-state index >= 15 is 0 Å². The van der Waals surface area contributed by atoms with Crippen molar-refractivity contribution in [3.8, 4) is 0 Å². The van der Waals surface area contributed by atoms with Gasteiger partial charge in [0.2, 0.25) is 0 Å². The quantitative estimate of drug-likeness (QED) is 0.723. The minimum Gasteiger partial charge on any atom is -0.371 e. The number of hydrogen-bond acceptors (Lipinski definition) is 2. The molecule has 0 atom stereocenters. The van der Waals surface area contributed by atoms with E-state index in [0.29, 0.717) is 0 Å². The van der Waals surface area contributed by atoms with Crippen LogP contribution in [0.2, 0.25) is 0 Å². The Hall–Kier alpha value is -1.29. The Morgan fingerprint density at radius 2 is 1.67 bits per heavy atom. The van der Waals surface area contributed by atoms with Gasteiger partial charge in [-0.1, -0.05) is 0 Å². The monoisotopic (exact) mass is 214 g/mol. The fourth-order valence-corrected chi connectivity index (χ4v) is 1.13. The molecule has 0 saturated carbocycles. The second-order valence-corrected chi connectivity index (χ2v) is 3.70. The van der Waals surface area contributed by atoms with Crippen LogP contribution in [0.3, 0.4) is 0 Å². The maximum absolute atomic E-state index is 12.8. The van der Waals surface area contributed by atoms with Crippen molar-refractivity contribution in [1.82, 2.24) is 0 Å². The van der Waals surface area contributed by atoms with E-state index in [-0.39, 0.29) is 5.56 Å². The maximum atomic E-state index is 12.8. The Labute approximate surface area is 86.9 Å². The van der Waals surface area contributed by atoms with Crippen LogP contribution in [0.1, 0.15) is 24.2 Å². The molecule has 0 fully saturated rings. The van der Waals surface area contributed by atoms with Gasteiger partial charge in [0.25, 0.3) is 0 Å². The van der Waals surface area contributed by atoms with Crippen LogP contribution in [0, 0.1) is 11.6 Å². The van der Waals surface area contributed by atoms with Crippen LogP contribution >= 0.6 is 0 Å². The second kappa shape index (κ2) is 4.06. The third-order valence-electron chi connectivity index (χ3n) is 2.18. The molecule has 0 radical (unpaired) electrons. The topological polar surface area (TPSA) is 26.3 Å². The van der Waals surface area contributed by atoms with Crippen molar-refractivity contribution in [2.45, 2.75) is 19.4 Å². The number of ether oxygens (including phenoxy) is 1. The number of ketones is 1. The largest absolute Gasteiger partial charge is 0.371 e. The van der Waals surface area contributed by atoms with Gasteiger partial charge in [0.15, 0.2) is 5.78 Å². The molecule has 0 aliphatic heterocycles. The first-order valence-electron chi connectivity index (χ1n) is 4.43. The summed E-state index contributed by atoms with van der Waals surface area (Å²) in [6.45, 7) is 3.08. The van der Waals surface area contributed by atoms with Gasteiger partial charge in [0.05, 0.1) is 0 Å². The highest BCUT2D eigenvalue weighted by molar-refractivity contribution is 6.01. The molecule has 0 unspecified atom stereocenters. The van der Waals surface area contributed by atoms with E-state index in [2.05, 4.69) is 0 Å². The molecule has 1 aromatic carbocycles. The van der Waals surface area contributed by atoms with Gasteiger partial charge < -0.3 is 4.74 Å². The molecule has 82 valence electrons. The van der Waals surface area contributed by atoms with E-state index in [4.69, 9.17) is 4.74 Å². The Balaban J connectivity index is 3.12. The third-order valence-corrected chi connectivity index (χ3v) is 2.18. The molecule has 0 spiro atoms. The van der Waals surface area contributed by atoms with Crippen LogP contribution in [0.5, 0.6) is 0 Å². The van der Waals surface area contributed by atoms with Gasteiger partial charge in [0.1, 0.15) is 17.2 Å². The summed E-state index contributed by atoms with van der Waals surface area (Å²) in [6, 6.07) is 2.70. The van der Waals surface area contributed by atoms with Crippen molar-refractivity contribution in [1.29, 1.82) is 0 Å². The molecule has 0 aliphatic rings. The van der Waals surface area contributed by atoms with Crippen molar-refractivity contribution in [2.24, 2.45) is 0 Å². The number of halogens is 2. The van der Waals surface area contributed by atoms with Gasteiger partial charge in [-0.25, -0.2) is 8.78 Å². The standard InChI is InChI=1S/C11H12F2O2/c1-11(2,15-3)10(14)7-4-8(12)6-9(13)5-7/h4-6H,1-3H3. The van der Waals surface area contributed by atoms with Crippen LogP contribution in [-0.2, 0) is 4.74 Å². The lowest BCUT2D eigenvalue weighted by molar-refractivity contribution is 0.0227. The van der Waals surface area contributed by atoms with Crippen LogP contribution < -0.4 is 0 Å². The summed E-state index contributed by atoms with van der Waals surface area (Å²) >= 11 is 0. The molecule has 1 rings (SSSR count). The van der Waals surface area contributed by atoms with E-state index < -0.39 is 23.0 Å². The molecule has 0 aliphatic carbocycles. The molecule has 0 heterocycles. The normalized spacial score (nSPS) is 11.5. The van der Waals surface area contributed by atoms with E-state index in [9.17, 15) is 13.6 Å². The predicted molar refractivity (Wildman–Crippen MR) is 51.8 cm³/mol. The summed E-state index contributed by atoms with van der Waals surface area (Å²) in [7, 11) is 1.37. The summed E-state index contributed by atoms with van der Waals surface area (Å²) in [5.74, 6) is -2.00. The molecule has 0 aromatic heterocycles. The zero-order valence-corrected chi connectivity index (χ0v) is 8.80. The molecular formula is C11H12F2O2. The summed E-state index contributed by atoms with van der Waals surface area (Å²) in [6.07, 6.45) is 0. The first kappa shape index (κ1) is 11.8. The summed E-state index contributed by atoms with van der Waals surface area (Å²) in [5, 5.41) is 0. The van der Waals surface area contributed by atoms with Gasteiger partial charge in [-0.15, -0.1) is 0 Å². The number of benzene rings is 1. The van der Waals surface area contributed by atoms with Crippen molar-refractivity contribution in [3.05, 3.63) is 35.4 Å². The van der Waals surface area contributed by atoms with Crippen molar-refractivity contribution in [3.63, 3.8) is 0 Å². The molecule has 4 heteroatoms. The molecule has 2 nitrogen and oxygen atoms in total. The first-order chi connectivity index (χ1) is 6.86. The van der Waals surface area contributed by atoms with Gasteiger partial charge in [-0.05, 0) is 26.0 Å². The molecule has 0 bridgehead atoms. The number of hydrogen-bond donors (Lipinski definition) is 0. The zero-order valence-electron chi connectivity index (χ0n) is 8.80. The fraction of sp³-hybridized carbons (Fsp3) is 0.364. The van der Waals surface area contributed by atoms with Crippen LogP contribution in [0.15, 0.2) is 18.2 Å². The summed E-state index contributed by atoms with van der Waals surface area (Å²) < 4.78 is 30.6. The van der Waals surface area contributed by atoms with Crippen LogP contribution in [-0.4, -0.2) is 18.5 Å². The SMILES string of the molecule is COC(C)(C)C(=O)c1cc(F)cc(F)c1. The Morgan fingerprint density at radius 3 is 2.07 bits per heavy atom. The number of methoxy groups -OCH3 is 1. The lowest BCUT2D eigenvalue weighted by atomic mass is 9.96. The van der Waals surface area contributed by atoms with Crippen LogP contribution in [0.25, 0.3) is 0 Å². The lowest BCUT2D eigenvalue weighted by Crippen LogP contribution is -2.33. The van der Waals surface area contributed by atoms with Crippen LogP contribution in [0.4, 0.5) is 8.78 Å². The van der Waals surface area contributed by atoms with E-state index in [0.717, 1.165) is 18.2 Å². The molecule has 1 aromatic rings. The third kappa shape index (κ3) is 2.59. The van der Waals surface area contributed by atoms with Gasteiger partial charge in [0, 0.05) is 18.7 Å². The highest BCUT2D eigenvalue weighted by Gasteiger charge is 2.28. The van der Waals surface area contributed by atoms with Crippen molar-refractivity contribution in [2.75, 3.05) is 7.11 Å². The molecule has 0 amide bonds. The van der Waals surface area contributed by atoms with Gasteiger partial charge >= 0.3 is 0 Å².